The van der Waals surface area contributed by atoms with E-state index >= 15 is 0 Å². The van der Waals surface area contributed by atoms with E-state index in [-0.39, 0.29) is 11.6 Å². The molecule has 7 heteroatoms. The molecule has 0 unspecified atom stereocenters. The highest BCUT2D eigenvalue weighted by Crippen LogP contribution is 2.40. The molecule has 1 saturated carbocycles. The summed E-state index contributed by atoms with van der Waals surface area (Å²) in [5.74, 6) is 0.197. The van der Waals surface area contributed by atoms with Gasteiger partial charge in [-0.2, -0.15) is 0 Å². The summed E-state index contributed by atoms with van der Waals surface area (Å²) >= 11 is 0. The molecule has 6 rings (SSSR count). The topological polar surface area (TPSA) is 86.1 Å². The van der Waals surface area contributed by atoms with Crippen LogP contribution in [-0.2, 0) is 13.5 Å². The minimum Gasteiger partial charge on any atom is -0.501 e. The summed E-state index contributed by atoms with van der Waals surface area (Å²) in [4.78, 5) is 22.1. The maximum atomic E-state index is 13.0. The first-order chi connectivity index (χ1) is 15.1. The normalized spacial score (nSPS) is 15.9. The van der Waals surface area contributed by atoms with Gasteiger partial charge in [0.2, 0.25) is 11.6 Å². The van der Waals surface area contributed by atoms with Gasteiger partial charge in [-0.25, -0.2) is 9.97 Å². The zero-order valence-corrected chi connectivity index (χ0v) is 17.2. The van der Waals surface area contributed by atoms with Crippen LogP contribution in [0, 0.1) is 0 Å². The van der Waals surface area contributed by atoms with E-state index in [1.807, 2.05) is 18.2 Å². The lowest BCUT2D eigenvalue weighted by molar-refractivity contribution is 0.314. The van der Waals surface area contributed by atoms with Gasteiger partial charge in [0.1, 0.15) is 5.52 Å². The van der Waals surface area contributed by atoms with E-state index in [1.165, 1.54) is 22.2 Å². The van der Waals surface area contributed by atoms with Crippen molar-refractivity contribution in [2.75, 3.05) is 0 Å². The number of hydrogen-bond acceptors (Lipinski definition) is 5. The summed E-state index contributed by atoms with van der Waals surface area (Å²) in [5.41, 5.74) is 4.17. The molecule has 4 aromatic rings. The molecule has 1 aromatic carbocycles. The SMILES string of the molecule is Cn1c(-c2cc3c(n2C2CCC2)C=CCC3)nc(-c2nc3ccccc3o2)c(O)c1=O. The second-order valence-corrected chi connectivity index (χ2v) is 8.32. The van der Waals surface area contributed by atoms with Gasteiger partial charge in [0.25, 0.3) is 5.56 Å². The van der Waals surface area contributed by atoms with E-state index in [2.05, 4.69) is 27.8 Å². The summed E-state index contributed by atoms with van der Waals surface area (Å²) in [7, 11) is 1.65. The molecule has 1 fully saturated rings. The van der Waals surface area contributed by atoms with E-state index < -0.39 is 11.3 Å². The monoisotopic (exact) mass is 414 g/mol. The Hall–Kier alpha value is -3.61. The van der Waals surface area contributed by atoms with Gasteiger partial charge in [-0.15, -0.1) is 0 Å². The highest BCUT2D eigenvalue weighted by molar-refractivity contribution is 5.77. The summed E-state index contributed by atoms with van der Waals surface area (Å²) in [6, 6.07) is 9.88. The number of aryl methyl sites for hydroxylation is 1. The molecule has 0 amide bonds. The lowest BCUT2D eigenvalue weighted by Gasteiger charge is -2.31. The van der Waals surface area contributed by atoms with Crippen molar-refractivity contribution in [1.82, 2.24) is 19.1 Å². The van der Waals surface area contributed by atoms with Gasteiger partial charge in [-0.3, -0.25) is 9.36 Å². The molecule has 1 N–H and O–H groups in total. The highest BCUT2D eigenvalue weighted by atomic mass is 16.4. The fourth-order valence-electron chi connectivity index (χ4n) is 4.57. The van der Waals surface area contributed by atoms with Crippen LogP contribution in [0.15, 0.2) is 45.6 Å². The molecule has 0 aliphatic heterocycles. The Balaban J connectivity index is 1.59. The van der Waals surface area contributed by atoms with Crippen LogP contribution < -0.4 is 5.56 Å². The summed E-state index contributed by atoms with van der Waals surface area (Å²) < 4.78 is 9.55. The van der Waals surface area contributed by atoms with Gasteiger partial charge in [0, 0.05) is 18.8 Å². The molecule has 0 atom stereocenters. The zero-order valence-electron chi connectivity index (χ0n) is 17.2. The number of aromatic hydroxyl groups is 1. The molecule has 0 bridgehead atoms. The summed E-state index contributed by atoms with van der Waals surface area (Å²) in [6.45, 7) is 0. The Morgan fingerprint density at radius 1 is 1.19 bits per heavy atom. The van der Waals surface area contributed by atoms with E-state index in [4.69, 9.17) is 9.40 Å². The molecule has 0 radical (unpaired) electrons. The van der Waals surface area contributed by atoms with Gasteiger partial charge in [0.15, 0.2) is 17.1 Å². The minimum absolute atomic E-state index is 0.0733. The predicted molar refractivity (Wildman–Crippen MR) is 118 cm³/mol. The first-order valence-corrected chi connectivity index (χ1v) is 10.7. The van der Waals surface area contributed by atoms with Crippen molar-refractivity contribution in [3.63, 3.8) is 0 Å². The van der Waals surface area contributed by atoms with Crippen molar-refractivity contribution in [3.8, 4) is 28.9 Å². The fourth-order valence-corrected chi connectivity index (χ4v) is 4.57. The maximum absolute atomic E-state index is 13.0. The largest absolute Gasteiger partial charge is 0.501 e. The third kappa shape index (κ3) is 2.69. The van der Waals surface area contributed by atoms with Crippen LogP contribution in [0.2, 0.25) is 0 Å². The Labute approximate surface area is 178 Å². The quantitative estimate of drug-likeness (QED) is 0.535. The van der Waals surface area contributed by atoms with E-state index in [0.29, 0.717) is 23.0 Å². The van der Waals surface area contributed by atoms with Gasteiger partial charge in [-0.05, 0) is 61.9 Å². The van der Waals surface area contributed by atoms with Crippen molar-refractivity contribution < 1.29 is 9.52 Å². The molecule has 31 heavy (non-hydrogen) atoms. The number of benzene rings is 1. The number of aromatic nitrogens is 4. The van der Waals surface area contributed by atoms with E-state index in [9.17, 15) is 9.90 Å². The standard InChI is InChI=1S/C24H22N4O3/c1-27-22(18-13-14-7-2-4-11-17(14)28(18)15-8-6-9-15)26-20(21(29)24(27)30)23-25-16-10-3-5-12-19(16)31-23/h3-5,10-13,15,29H,2,6-9H2,1H3. The highest BCUT2D eigenvalue weighted by Gasteiger charge is 2.29. The van der Waals surface area contributed by atoms with Gasteiger partial charge >= 0.3 is 0 Å². The molecule has 0 saturated heterocycles. The Morgan fingerprint density at radius 3 is 2.81 bits per heavy atom. The first-order valence-electron chi connectivity index (χ1n) is 10.7. The second-order valence-electron chi connectivity index (χ2n) is 8.32. The van der Waals surface area contributed by atoms with Crippen LogP contribution in [-0.4, -0.2) is 24.2 Å². The number of nitrogens with zero attached hydrogens (tertiary/aromatic N) is 4. The summed E-state index contributed by atoms with van der Waals surface area (Å²) in [5, 5.41) is 10.6. The Morgan fingerprint density at radius 2 is 2.03 bits per heavy atom. The van der Waals surface area contributed by atoms with Crippen LogP contribution in [0.25, 0.3) is 40.3 Å². The van der Waals surface area contributed by atoms with Crippen LogP contribution in [0.3, 0.4) is 0 Å². The predicted octanol–water partition coefficient (Wildman–Crippen LogP) is 4.45. The zero-order chi connectivity index (χ0) is 21.1. The molecule has 2 aliphatic rings. The molecular weight excluding hydrogens is 392 g/mol. The van der Waals surface area contributed by atoms with Crippen molar-refractivity contribution in [2.45, 2.75) is 38.1 Å². The second kappa shape index (κ2) is 6.70. The molecule has 0 spiro atoms. The first kappa shape index (κ1) is 18.2. The van der Waals surface area contributed by atoms with Crippen molar-refractivity contribution in [1.29, 1.82) is 0 Å². The van der Waals surface area contributed by atoms with Crippen LogP contribution in [0.5, 0.6) is 5.75 Å². The van der Waals surface area contributed by atoms with Crippen molar-refractivity contribution in [3.05, 3.63) is 58.0 Å². The molecular formula is C24H22N4O3. The molecule has 3 aromatic heterocycles. The van der Waals surface area contributed by atoms with Crippen LogP contribution in [0.1, 0.15) is 43.0 Å². The van der Waals surface area contributed by atoms with E-state index in [1.54, 1.807) is 13.1 Å². The third-order valence-corrected chi connectivity index (χ3v) is 6.45. The van der Waals surface area contributed by atoms with Crippen molar-refractivity contribution in [2.24, 2.45) is 7.05 Å². The number of hydrogen-bond donors (Lipinski definition) is 1. The maximum Gasteiger partial charge on any atom is 0.296 e. The lowest BCUT2D eigenvalue weighted by Crippen LogP contribution is -2.24. The smallest absolute Gasteiger partial charge is 0.296 e. The fraction of sp³-hybridized carbons (Fsp3) is 0.292. The Bertz CT molecular complexity index is 1390. The van der Waals surface area contributed by atoms with Gasteiger partial charge < -0.3 is 14.1 Å². The van der Waals surface area contributed by atoms with Crippen LogP contribution >= 0.6 is 0 Å². The number of allylic oxidation sites excluding steroid dienone is 1. The van der Waals surface area contributed by atoms with Crippen molar-refractivity contribution >= 4 is 17.2 Å². The van der Waals surface area contributed by atoms with Crippen LogP contribution in [0.4, 0.5) is 0 Å². The average molecular weight is 414 g/mol. The van der Waals surface area contributed by atoms with E-state index in [0.717, 1.165) is 31.4 Å². The van der Waals surface area contributed by atoms with Gasteiger partial charge in [0.05, 0.1) is 5.69 Å². The number of fused-ring (bicyclic) bond motifs is 2. The average Bonchev–Trinajstić information content (AvgIpc) is 3.33. The molecule has 156 valence electrons. The van der Waals surface area contributed by atoms with Gasteiger partial charge in [-0.1, -0.05) is 18.2 Å². The third-order valence-electron chi connectivity index (χ3n) is 6.45. The molecule has 7 nitrogen and oxygen atoms in total. The number of oxazole rings is 1. The molecule has 3 heterocycles. The minimum atomic E-state index is -0.517. The molecule has 2 aliphatic carbocycles. The Kier molecular flexibility index (Phi) is 3.93. The lowest BCUT2D eigenvalue weighted by atomic mass is 9.92. The summed E-state index contributed by atoms with van der Waals surface area (Å²) in [6.07, 6.45) is 9.81. The number of rotatable bonds is 3. The number of para-hydroxylation sites is 2.